The molecule has 1 N–H and O–H groups in total. The number of anilines is 1. The van der Waals surface area contributed by atoms with Crippen LogP contribution in [0, 0.1) is 11.3 Å². The molecule has 0 atom stereocenters. The summed E-state index contributed by atoms with van der Waals surface area (Å²) in [5.41, 5.74) is 0.420. The first-order valence-electron chi connectivity index (χ1n) is 5.83. The van der Waals surface area contributed by atoms with Gasteiger partial charge in [0, 0.05) is 5.02 Å². The fourth-order valence-electron chi connectivity index (χ4n) is 1.73. The van der Waals surface area contributed by atoms with Crippen LogP contribution >= 0.6 is 11.6 Å². The number of sulfonamides is 1. The molecule has 2 aromatic rings. The van der Waals surface area contributed by atoms with Gasteiger partial charge < -0.3 is 4.74 Å². The predicted octanol–water partition coefficient (Wildman–Crippen LogP) is 3.02. The maximum Gasteiger partial charge on any atom is 0.265 e. The molecule has 0 unspecified atom stereocenters. The molecule has 0 radical (unpaired) electrons. The van der Waals surface area contributed by atoms with Gasteiger partial charge in [-0.2, -0.15) is 5.26 Å². The van der Waals surface area contributed by atoms with Crippen molar-refractivity contribution in [1.29, 1.82) is 5.26 Å². The predicted molar refractivity (Wildman–Crippen MR) is 80.0 cm³/mol. The van der Waals surface area contributed by atoms with Crippen molar-refractivity contribution >= 4 is 27.3 Å². The van der Waals surface area contributed by atoms with Crippen molar-refractivity contribution < 1.29 is 13.2 Å². The second kappa shape index (κ2) is 6.04. The van der Waals surface area contributed by atoms with Gasteiger partial charge in [-0.15, -0.1) is 0 Å². The van der Waals surface area contributed by atoms with Crippen LogP contribution in [0.5, 0.6) is 5.75 Å². The molecule has 0 fully saturated rings. The molecule has 0 saturated carbocycles. The van der Waals surface area contributed by atoms with Crippen molar-refractivity contribution in [3.63, 3.8) is 0 Å². The minimum Gasteiger partial charge on any atom is -0.495 e. The topological polar surface area (TPSA) is 79.2 Å². The number of ether oxygens (including phenoxy) is 1. The number of halogens is 1. The largest absolute Gasteiger partial charge is 0.495 e. The number of hydrogen-bond donors (Lipinski definition) is 1. The van der Waals surface area contributed by atoms with Crippen molar-refractivity contribution in [2.45, 2.75) is 4.90 Å². The summed E-state index contributed by atoms with van der Waals surface area (Å²) < 4.78 is 32.3. The van der Waals surface area contributed by atoms with Crippen molar-refractivity contribution in [1.82, 2.24) is 0 Å². The van der Waals surface area contributed by atoms with Gasteiger partial charge in [0.2, 0.25) is 0 Å². The molecule has 0 amide bonds. The van der Waals surface area contributed by atoms with Gasteiger partial charge in [0.15, 0.2) is 0 Å². The number of benzene rings is 2. The van der Waals surface area contributed by atoms with Gasteiger partial charge in [-0.25, -0.2) is 8.42 Å². The van der Waals surface area contributed by atoms with Gasteiger partial charge in [-0.05, 0) is 30.3 Å². The van der Waals surface area contributed by atoms with E-state index < -0.39 is 10.0 Å². The number of methoxy groups -OCH3 is 1. The molecule has 0 saturated heterocycles. The molecule has 21 heavy (non-hydrogen) atoms. The van der Waals surface area contributed by atoms with Gasteiger partial charge in [-0.3, -0.25) is 4.72 Å². The Morgan fingerprint density at radius 1 is 1.24 bits per heavy atom. The van der Waals surface area contributed by atoms with Gasteiger partial charge in [-0.1, -0.05) is 23.7 Å². The normalized spacial score (nSPS) is 10.7. The Hall–Kier alpha value is -2.23. The zero-order valence-corrected chi connectivity index (χ0v) is 12.6. The van der Waals surface area contributed by atoms with Crippen molar-refractivity contribution in [3.8, 4) is 11.8 Å². The maximum absolute atomic E-state index is 12.4. The minimum atomic E-state index is -3.92. The standard InChI is InChI=1S/C14H11ClN2O3S/c1-20-13-7-6-11(15)8-14(13)21(18,19)17-12-5-3-2-4-10(12)9-16/h2-8,17H,1H3. The molecule has 0 aromatic heterocycles. The molecule has 7 heteroatoms. The van der Waals surface area contributed by atoms with Gasteiger partial charge in [0.1, 0.15) is 16.7 Å². The third kappa shape index (κ3) is 3.27. The molecule has 5 nitrogen and oxygen atoms in total. The summed E-state index contributed by atoms with van der Waals surface area (Å²) in [7, 11) is -2.56. The summed E-state index contributed by atoms with van der Waals surface area (Å²) in [6, 6.07) is 12.5. The highest BCUT2D eigenvalue weighted by Crippen LogP contribution is 2.29. The average Bonchev–Trinajstić information content (AvgIpc) is 2.47. The first kappa shape index (κ1) is 15.2. The first-order chi connectivity index (χ1) is 9.97. The van der Waals surface area contributed by atoms with Crippen LogP contribution in [0.15, 0.2) is 47.4 Å². The van der Waals surface area contributed by atoms with Crippen molar-refractivity contribution in [3.05, 3.63) is 53.1 Å². The number of nitrogens with zero attached hydrogens (tertiary/aromatic N) is 1. The van der Waals surface area contributed by atoms with Crippen LogP contribution in [-0.2, 0) is 10.0 Å². The van der Waals surface area contributed by atoms with E-state index in [1.807, 2.05) is 6.07 Å². The second-order valence-corrected chi connectivity index (χ2v) is 6.15. The molecule has 2 aromatic carbocycles. The Morgan fingerprint density at radius 2 is 1.95 bits per heavy atom. The summed E-state index contributed by atoms with van der Waals surface area (Å²) >= 11 is 5.84. The van der Waals surface area contributed by atoms with Crippen LogP contribution in [0.1, 0.15) is 5.56 Å². The van der Waals surface area contributed by atoms with Crippen LogP contribution in [0.3, 0.4) is 0 Å². The molecular formula is C14H11ClN2O3S. The molecule has 108 valence electrons. The summed E-state index contributed by atoms with van der Waals surface area (Å²) in [6.45, 7) is 0. The number of para-hydroxylation sites is 1. The third-order valence-electron chi connectivity index (χ3n) is 2.71. The molecule has 2 rings (SSSR count). The molecule has 0 aliphatic heterocycles. The minimum absolute atomic E-state index is 0.0924. The SMILES string of the molecule is COc1ccc(Cl)cc1S(=O)(=O)Nc1ccccc1C#N. The Kier molecular flexibility index (Phi) is 4.36. The third-order valence-corrected chi connectivity index (χ3v) is 4.33. The zero-order valence-electron chi connectivity index (χ0n) is 11.0. The number of nitrogens with one attached hydrogen (secondary N) is 1. The number of rotatable bonds is 4. The van der Waals surface area contributed by atoms with E-state index in [0.717, 1.165) is 0 Å². The summed E-state index contributed by atoms with van der Waals surface area (Å²) in [5.74, 6) is 0.168. The average molecular weight is 323 g/mol. The highest BCUT2D eigenvalue weighted by molar-refractivity contribution is 7.92. The lowest BCUT2D eigenvalue weighted by atomic mass is 10.2. The lowest BCUT2D eigenvalue weighted by Crippen LogP contribution is -2.15. The lowest BCUT2D eigenvalue weighted by Gasteiger charge is -2.12. The fourth-order valence-corrected chi connectivity index (χ4v) is 3.24. The number of nitriles is 1. The van der Waals surface area contributed by atoms with Crippen LogP contribution in [0.25, 0.3) is 0 Å². The van der Waals surface area contributed by atoms with E-state index in [-0.39, 0.29) is 26.9 Å². The Labute approximate surface area is 127 Å². The highest BCUT2D eigenvalue weighted by Gasteiger charge is 2.21. The summed E-state index contributed by atoms with van der Waals surface area (Å²) in [4.78, 5) is -0.0924. The summed E-state index contributed by atoms with van der Waals surface area (Å²) in [5, 5.41) is 9.27. The van der Waals surface area contributed by atoms with Crippen LogP contribution in [0.2, 0.25) is 5.02 Å². The second-order valence-electron chi connectivity index (χ2n) is 4.06. The quantitative estimate of drug-likeness (QED) is 0.938. The molecule has 0 spiro atoms. The van der Waals surface area contributed by atoms with Gasteiger partial charge in [0.25, 0.3) is 10.0 Å². The van der Waals surface area contributed by atoms with Gasteiger partial charge in [0.05, 0.1) is 18.4 Å². The Morgan fingerprint density at radius 3 is 2.62 bits per heavy atom. The maximum atomic E-state index is 12.4. The molecule has 0 aliphatic carbocycles. The van der Waals surface area contributed by atoms with E-state index in [1.54, 1.807) is 12.1 Å². The van der Waals surface area contributed by atoms with Crippen LogP contribution in [0.4, 0.5) is 5.69 Å². The lowest BCUT2D eigenvalue weighted by molar-refractivity contribution is 0.403. The van der Waals surface area contributed by atoms with Crippen molar-refractivity contribution in [2.75, 3.05) is 11.8 Å². The summed E-state index contributed by atoms with van der Waals surface area (Å²) in [6.07, 6.45) is 0. The first-order valence-corrected chi connectivity index (χ1v) is 7.69. The molecular weight excluding hydrogens is 312 g/mol. The number of hydrogen-bond acceptors (Lipinski definition) is 4. The monoisotopic (exact) mass is 322 g/mol. The van der Waals surface area contributed by atoms with Crippen LogP contribution in [-0.4, -0.2) is 15.5 Å². The Bertz CT molecular complexity index is 813. The van der Waals surface area contributed by atoms with E-state index >= 15 is 0 Å². The molecule has 0 heterocycles. The van der Waals surface area contributed by atoms with E-state index in [4.69, 9.17) is 21.6 Å². The van der Waals surface area contributed by atoms with E-state index in [0.29, 0.717) is 0 Å². The van der Waals surface area contributed by atoms with E-state index in [1.165, 1.54) is 37.4 Å². The molecule has 0 aliphatic rings. The van der Waals surface area contributed by atoms with E-state index in [9.17, 15) is 8.42 Å². The fraction of sp³-hybridized carbons (Fsp3) is 0.0714. The Balaban J connectivity index is 2.49. The zero-order chi connectivity index (χ0) is 15.5. The molecule has 0 bridgehead atoms. The smallest absolute Gasteiger partial charge is 0.265 e. The van der Waals surface area contributed by atoms with Gasteiger partial charge >= 0.3 is 0 Å². The van der Waals surface area contributed by atoms with Crippen molar-refractivity contribution in [2.24, 2.45) is 0 Å². The van der Waals surface area contributed by atoms with E-state index in [2.05, 4.69) is 4.72 Å². The highest BCUT2D eigenvalue weighted by atomic mass is 35.5. The van der Waals surface area contributed by atoms with Crippen LogP contribution < -0.4 is 9.46 Å².